The Morgan fingerprint density at radius 3 is 3.00 bits per heavy atom. The lowest BCUT2D eigenvalue weighted by molar-refractivity contribution is 0.269. The lowest BCUT2D eigenvalue weighted by atomic mass is 10.5. The van der Waals surface area contributed by atoms with Gasteiger partial charge in [-0.1, -0.05) is 5.21 Å². The van der Waals surface area contributed by atoms with Gasteiger partial charge in [0.05, 0.1) is 25.0 Å². The summed E-state index contributed by atoms with van der Waals surface area (Å²) in [4.78, 5) is 2.89. The number of rotatable bonds is 4. The van der Waals surface area contributed by atoms with E-state index in [9.17, 15) is 0 Å². The highest BCUT2D eigenvalue weighted by molar-refractivity contribution is 7.71. The molecule has 15 heavy (non-hydrogen) atoms. The van der Waals surface area contributed by atoms with E-state index in [1.165, 1.54) is 0 Å². The van der Waals surface area contributed by atoms with Crippen LogP contribution in [0.5, 0.6) is 0 Å². The Kier molecular flexibility index (Phi) is 2.93. The number of aliphatic hydroxyl groups excluding tert-OH is 1. The number of imidazole rings is 1. The van der Waals surface area contributed by atoms with Gasteiger partial charge in [0.25, 0.3) is 0 Å². The molecule has 0 atom stereocenters. The molecular formula is C8H11N5OS. The molecule has 7 heteroatoms. The average molecular weight is 225 g/mol. The Labute approximate surface area is 91.2 Å². The monoisotopic (exact) mass is 225 g/mol. The summed E-state index contributed by atoms with van der Waals surface area (Å²) < 4.78 is 4.17. The molecule has 0 bridgehead atoms. The molecule has 2 heterocycles. The quantitative estimate of drug-likeness (QED) is 0.736. The molecule has 0 fully saturated rings. The summed E-state index contributed by atoms with van der Waals surface area (Å²) in [6.07, 6.45) is 5.13. The van der Waals surface area contributed by atoms with Crippen molar-refractivity contribution >= 4 is 12.2 Å². The zero-order chi connectivity index (χ0) is 10.7. The first-order valence-corrected chi connectivity index (χ1v) is 4.94. The highest BCUT2D eigenvalue weighted by Gasteiger charge is 2.02. The second-order valence-electron chi connectivity index (χ2n) is 3.06. The van der Waals surface area contributed by atoms with E-state index in [2.05, 4.69) is 15.3 Å². The Hall–Kier alpha value is -1.47. The van der Waals surface area contributed by atoms with E-state index < -0.39 is 0 Å². The summed E-state index contributed by atoms with van der Waals surface area (Å²) in [6, 6.07) is 0. The van der Waals surface area contributed by atoms with Crippen LogP contribution in [0.25, 0.3) is 0 Å². The molecule has 0 unspecified atom stereocenters. The van der Waals surface area contributed by atoms with Crippen molar-refractivity contribution in [2.45, 2.75) is 19.7 Å². The first-order chi connectivity index (χ1) is 7.31. The molecule has 0 amide bonds. The summed E-state index contributed by atoms with van der Waals surface area (Å²) in [5, 5.41) is 16.6. The van der Waals surface area contributed by atoms with Gasteiger partial charge in [-0.3, -0.25) is 4.68 Å². The van der Waals surface area contributed by atoms with Crippen molar-refractivity contribution in [3.8, 4) is 0 Å². The van der Waals surface area contributed by atoms with Gasteiger partial charge >= 0.3 is 0 Å². The second kappa shape index (κ2) is 4.37. The fourth-order valence-corrected chi connectivity index (χ4v) is 1.63. The minimum Gasteiger partial charge on any atom is -0.390 e. The number of H-pyrrole nitrogens is 1. The van der Waals surface area contributed by atoms with Gasteiger partial charge < -0.3 is 14.7 Å². The van der Waals surface area contributed by atoms with Crippen LogP contribution >= 0.6 is 12.2 Å². The summed E-state index contributed by atoms with van der Waals surface area (Å²) >= 11 is 5.08. The van der Waals surface area contributed by atoms with Crippen molar-refractivity contribution in [3.63, 3.8) is 0 Å². The largest absolute Gasteiger partial charge is 0.390 e. The van der Waals surface area contributed by atoms with E-state index in [-0.39, 0.29) is 6.61 Å². The first-order valence-electron chi connectivity index (χ1n) is 4.53. The van der Waals surface area contributed by atoms with Crippen molar-refractivity contribution in [2.75, 3.05) is 0 Å². The Bertz CT molecular complexity index is 471. The SMILES string of the molecule is OCc1c[nH]c(=S)n1CCn1ccnn1. The van der Waals surface area contributed by atoms with Crippen molar-refractivity contribution < 1.29 is 5.11 Å². The predicted octanol–water partition coefficient (Wildman–Crippen LogP) is 0.330. The van der Waals surface area contributed by atoms with Gasteiger partial charge in [-0.2, -0.15) is 0 Å². The van der Waals surface area contributed by atoms with Crippen LogP contribution in [0.3, 0.4) is 0 Å². The normalized spacial score (nSPS) is 10.7. The van der Waals surface area contributed by atoms with Crippen LogP contribution in [0.15, 0.2) is 18.6 Å². The second-order valence-corrected chi connectivity index (χ2v) is 3.45. The van der Waals surface area contributed by atoms with Crippen molar-refractivity contribution in [1.29, 1.82) is 0 Å². The summed E-state index contributed by atoms with van der Waals surface area (Å²) in [6.45, 7) is 1.32. The molecule has 6 nitrogen and oxygen atoms in total. The number of nitrogens with zero attached hydrogens (tertiary/aromatic N) is 4. The molecule has 0 saturated heterocycles. The molecule has 0 aliphatic carbocycles. The van der Waals surface area contributed by atoms with Crippen molar-refractivity contribution in [1.82, 2.24) is 24.5 Å². The Morgan fingerprint density at radius 2 is 2.33 bits per heavy atom. The maximum atomic E-state index is 9.07. The molecule has 2 aromatic heterocycles. The van der Waals surface area contributed by atoms with Gasteiger partial charge in [0, 0.05) is 18.9 Å². The van der Waals surface area contributed by atoms with Gasteiger partial charge in [-0.15, -0.1) is 5.10 Å². The number of hydrogen-bond donors (Lipinski definition) is 2. The molecule has 2 aromatic rings. The zero-order valence-corrected chi connectivity index (χ0v) is 8.81. The van der Waals surface area contributed by atoms with Crippen LogP contribution in [-0.4, -0.2) is 29.7 Å². The van der Waals surface area contributed by atoms with Crippen LogP contribution in [0, 0.1) is 4.77 Å². The van der Waals surface area contributed by atoms with Gasteiger partial charge in [-0.05, 0) is 12.2 Å². The highest BCUT2D eigenvalue weighted by Crippen LogP contribution is 2.02. The third-order valence-electron chi connectivity index (χ3n) is 2.14. The Morgan fingerprint density at radius 1 is 1.47 bits per heavy atom. The molecule has 0 aliphatic rings. The maximum absolute atomic E-state index is 9.07. The molecular weight excluding hydrogens is 214 g/mol. The first kappa shape index (κ1) is 10.1. The minimum absolute atomic E-state index is 0.0233. The number of aliphatic hydroxyl groups is 1. The van der Waals surface area contributed by atoms with Gasteiger partial charge in [-0.25, -0.2) is 0 Å². The molecule has 2 rings (SSSR count). The van der Waals surface area contributed by atoms with Crippen LogP contribution in [0.4, 0.5) is 0 Å². The summed E-state index contributed by atoms with van der Waals surface area (Å²) in [5.74, 6) is 0. The Balaban J connectivity index is 2.10. The number of nitrogens with one attached hydrogen (secondary N) is 1. The molecule has 80 valence electrons. The molecule has 2 N–H and O–H groups in total. The van der Waals surface area contributed by atoms with Crippen LogP contribution < -0.4 is 0 Å². The van der Waals surface area contributed by atoms with E-state index >= 15 is 0 Å². The van der Waals surface area contributed by atoms with E-state index in [0.29, 0.717) is 17.9 Å². The molecule has 0 aliphatic heterocycles. The fraction of sp³-hybridized carbons (Fsp3) is 0.375. The standard InChI is InChI=1S/C8H11N5OS/c14-6-7-5-9-8(15)13(7)4-3-12-2-1-10-11-12/h1-2,5,14H,3-4,6H2,(H,9,15). The summed E-state index contributed by atoms with van der Waals surface area (Å²) in [7, 11) is 0. The third kappa shape index (κ3) is 2.13. The average Bonchev–Trinajstić information content (AvgIpc) is 2.84. The molecule has 0 spiro atoms. The van der Waals surface area contributed by atoms with E-state index in [1.807, 2.05) is 4.57 Å². The molecule has 0 radical (unpaired) electrons. The number of aryl methyl sites for hydroxylation is 1. The lowest BCUT2D eigenvalue weighted by Gasteiger charge is -2.05. The number of aromatic amines is 1. The lowest BCUT2D eigenvalue weighted by Crippen LogP contribution is -2.10. The van der Waals surface area contributed by atoms with Gasteiger partial charge in [0.1, 0.15) is 0 Å². The van der Waals surface area contributed by atoms with Crippen LogP contribution in [0.2, 0.25) is 0 Å². The molecule has 0 aromatic carbocycles. The van der Waals surface area contributed by atoms with E-state index in [4.69, 9.17) is 17.3 Å². The molecule has 0 saturated carbocycles. The van der Waals surface area contributed by atoms with Crippen LogP contribution in [-0.2, 0) is 19.7 Å². The minimum atomic E-state index is -0.0233. The van der Waals surface area contributed by atoms with Gasteiger partial charge in [0.2, 0.25) is 0 Å². The highest BCUT2D eigenvalue weighted by atomic mass is 32.1. The van der Waals surface area contributed by atoms with Crippen molar-refractivity contribution in [3.05, 3.63) is 29.1 Å². The van der Waals surface area contributed by atoms with Crippen molar-refractivity contribution in [2.24, 2.45) is 0 Å². The predicted molar refractivity (Wildman–Crippen MR) is 55.6 cm³/mol. The van der Waals surface area contributed by atoms with E-state index in [1.54, 1.807) is 23.3 Å². The topological polar surface area (TPSA) is 71.7 Å². The number of aromatic nitrogens is 5. The zero-order valence-electron chi connectivity index (χ0n) is 8.00. The smallest absolute Gasteiger partial charge is 0.177 e. The van der Waals surface area contributed by atoms with Crippen LogP contribution in [0.1, 0.15) is 5.69 Å². The number of hydrogen-bond acceptors (Lipinski definition) is 4. The fourth-order valence-electron chi connectivity index (χ4n) is 1.36. The van der Waals surface area contributed by atoms with E-state index in [0.717, 1.165) is 5.69 Å². The third-order valence-corrected chi connectivity index (χ3v) is 2.48. The summed E-state index contributed by atoms with van der Waals surface area (Å²) in [5.41, 5.74) is 0.778. The maximum Gasteiger partial charge on any atom is 0.177 e. The van der Waals surface area contributed by atoms with Gasteiger partial charge in [0.15, 0.2) is 4.77 Å².